The summed E-state index contributed by atoms with van der Waals surface area (Å²) < 4.78 is 27.5. The molecular weight excluding hydrogens is 230 g/mol. The zero-order valence-electron chi connectivity index (χ0n) is 9.69. The molecule has 0 spiro atoms. The molecule has 0 bridgehead atoms. The maximum absolute atomic E-state index is 11.7. The third kappa shape index (κ3) is 2.44. The van der Waals surface area contributed by atoms with Crippen molar-refractivity contribution in [3.63, 3.8) is 0 Å². The van der Waals surface area contributed by atoms with Crippen LogP contribution >= 0.6 is 0 Å². The first-order chi connectivity index (χ1) is 7.20. The van der Waals surface area contributed by atoms with Gasteiger partial charge in [-0.05, 0) is 18.3 Å². The zero-order chi connectivity index (χ0) is 12.6. The Morgan fingerprint density at radius 2 is 2.12 bits per heavy atom. The van der Waals surface area contributed by atoms with Crippen LogP contribution < -0.4 is 5.14 Å². The van der Waals surface area contributed by atoms with E-state index in [0.29, 0.717) is 6.42 Å². The summed E-state index contributed by atoms with van der Waals surface area (Å²) in [5.74, 6) is -1.36. The number of carbonyl (C=O) groups excluding carboxylic acids is 1. The summed E-state index contributed by atoms with van der Waals surface area (Å²) in [4.78, 5) is 11.6. The predicted molar refractivity (Wildman–Crippen MR) is 59.7 cm³/mol. The molecular formula is C10H17NO4S. The normalized spacial score (nSPS) is 24.8. The van der Waals surface area contributed by atoms with Crippen molar-refractivity contribution >= 4 is 16.0 Å². The van der Waals surface area contributed by atoms with Gasteiger partial charge in [0.25, 0.3) is 0 Å². The summed E-state index contributed by atoms with van der Waals surface area (Å²) in [6.45, 7) is 3.68. The third-order valence-electron chi connectivity index (χ3n) is 2.97. The molecule has 1 rings (SSSR count). The van der Waals surface area contributed by atoms with E-state index in [1.54, 1.807) is 0 Å². The van der Waals surface area contributed by atoms with Crippen LogP contribution in [-0.4, -0.2) is 21.5 Å². The van der Waals surface area contributed by atoms with Crippen molar-refractivity contribution in [2.75, 3.05) is 7.11 Å². The molecule has 6 heteroatoms. The number of rotatable bonds is 2. The van der Waals surface area contributed by atoms with Crippen LogP contribution in [-0.2, 0) is 19.6 Å². The Bertz CT molecular complexity index is 422. The van der Waals surface area contributed by atoms with Crippen LogP contribution in [0.15, 0.2) is 11.0 Å². The molecule has 0 radical (unpaired) electrons. The molecule has 0 aromatic heterocycles. The Labute approximate surface area is 95.7 Å². The van der Waals surface area contributed by atoms with E-state index in [-0.39, 0.29) is 4.91 Å². The molecule has 1 unspecified atom stereocenters. The fourth-order valence-corrected chi connectivity index (χ4v) is 3.16. The number of methoxy groups -OCH3 is 1. The summed E-state index contributed by atoms with van der Waals surface area (Å²) in [5.41, 5.74) is -0.455. The monoisotopic (exact) mass is 247 g/mol. The lowest BCUT2D eigenvalue weighted by molar-refractivity contribution is -0.147. The van der Waals surface area contributed by atoms with Gasteiger partial charge in [0, 0.05) is 0 Å². The number of sulfonamides is 1. The molecule has 0 aromatic rings. The molecule has 1 aliphatic carbocycles. The minimum atomic E-state index is -3.84. The standard InChI is InChI=1S/C10H17NO4S/c1-10(2)6-4-5-7(16(11,13)14)8(10)9(12)15-3/h5,8H,4,6H2,1-3H3,(H2,11,13,14). The highest BCUT2D eigenvalue weighted by Crippen LogP contribution is 2.42. The largest absolute Gasteiger partial charge is 0.469 e. The van der Waals surface area contributed by atoms with E-state index in [1.165, 1.54) is 13.2 Å². The topological polar surface area (TPSA) is 86.5 Å². The maximum atomic E-state index is 11.7. The van der Waals surface area contributed by atoms with Crippen molar-refractivity contribution in [3.05, 3.63) is 11.0 Å². The first-order valence-corrected chi connectivity index (χ1v) is 6.55. The van der Waals surface area contributed by atoms with Crippen LogP contribution in [0.4, 0.5) is 0 Å². The summed E-state index contributed by atoms with van der Waals surface area (Å²) >= 11 is 0. The van der Waals surface area contributed by atoms with Gasteiger partial charge in [0.1, 0.15) is 0 Å². The van der Waals surface area contributed by atoms with Crippen molar-refractivity contribution in [2.24, 2.45) is 16.5 Å². The van der Waals surface area contributed by atoms with Crippen molar-refractivity contribution in [1.29, 1.82) is 0 Å². The van der Waals surface area contributed by atoms with Crippen molar-refractivity contribution in [3.8, 4) is 0 Å². The van der Waals surface area contributed by atoms with Crippen LogP contribution in [0.2, 0.25) is 0 Å². The molecule has 0 fully saturated rings. The minimum Gasteiger partial charge on any atom is -0.469 e. The Morgan fingerprint density at radius 3 is 2.56 bits per heavy atom. The fraction of sp³-hybridized carbons (Fsp3) is 0.700. The van der Waals surface area contributed by atoms with Gasteiger partial charge in [0.2, 0.25) is 10.0 Å². The minimum absolute atomic E-state index is 0.0180. The lowest BCUT2D eigenvalue weighted by atomic mass is 9.72. The van der Waals surface area contributed by atoms with Gasteiger partial charge in [0.15, 0.2) is 0 Å². The number of ether oxygens (including phenoxy) is 1. The molecule has 2 N–H and O–H groups in total. The number of nitrogens with two attached hydrogens (primary N) is 1. The van der Waals surface area contributed by atoms with Crippen LogP contribution in [0.25, 0.3) is 0 Å². The molecule has 92 valence electrons. The molecule has 0 saturated heterocycles. The van der Waals surface area contributed by atoms with Crippen LogP contribution in [0.1, 0.15) is 26.7 Å². The number of hydrogen-bond acceptors (Lipinski definition) is 4. The molecule has 0 saturated carbocycles. The summed E-state index contributed by atoms with van der Waals surface area (Å²) in [7, 11) is -2.60. The molecule has 0 aromatic carbocycles. The van der Waals surface area contributed by atoms with Gasteiger partial charge in [0.05, 0.1) is 17.9 Å². The van der Waals surface area contributed by atoms with E-state index >= 15 is 0 Å². The molecule has 16 heavy (non-hydrogen) atoms. The summed E-state index contributed by atoms with van der Waals surface area (Å²) in [6.07, 6.45) is 2.85. The van der Waals surface area contributed by atoms with E-state index in [2.05, 4.69) is 4.74 Å². The van der Waals surface area contributed by atoms with E-state index in [4.69, 9.17) is 5.14 Å². The Hall–Kier alpha value is -0.880. The summed E-state index contributed by atoms with van der Waals surface area (Å²) in [5, 5.41) is 5.11. The van der Waals surface area contributed by atoms with Crippen LogP contribution in [0, 0.1) is 11.3 Å². The molecule has 5 nitrogen and oxygen atoms in total. The van der Waals surface area contributed by atoms with E-state index in [1.807, 2.05) is 13.8 Å². The number of carbonyl (C=O) groups is 1. The van der Waals surface area contributed by atoms with Gasteiger partial charge < -0.3 is 4.74 Å². The van der Waals surface area contributed by atoms with Crippen LogP contribution in [0.3, 0.4) is 0 Å². The van der Waals surface area contributed by atoms with Crippen molar-refractivity contribution in [1.82, 2.24) is 0 Å². The molecule has 1 atom stereocenters. The van der Waals surface area contributed by atoms with Crippen LogP contribution in [0.5, 0.6) is 0 Å². The van der Waals surface area contributed by atoms with Gasteiger partial charge in [-0.1, -0.05) is 19.9 Å². The Morgan fingerprint density at radius 1 is 1.56 bits per heavy atom. The molecule has 0 amide bonds. The molecule has 1 aliphatic rings. The van der Waals surface area contributed by atoms with Gasteiger partial charge >= 0.3 is 5.97 Å². The third-order valence-corrected chi connectivity index (χ3v) is 4.03. The second-order valence-corrected chi connectivity index (χ2v) is 6.20. The first kappa shape index (κ1) is 13.2. The van der Waals surface area contributed by atoms with Crippen molar-refractivity contribution in [2.45, 2.75) is 26.7 Å². The van der Waals surface area contributed by atoms with Crippen molar-refractivity contribution < 1.29 is 17.9 Å². The highest BCUT2D eigenvalue weighted by atomic mass is 32.2. The predicted octanol–water partition coefficient (Wildman–Crippen LogP) is 0.768. The molecule has 0 heterocycles. The number of primary sulfonamides is 1. The van der Waals surface area contributed by atoms with Gasteiger partial charge in [-0.15, -0.1) is 0 Å². The van der Waals surface area contributed by atoms with E-state index in [9.17, 15) is 13.2 Å². The van der Waals surface area contributed by atoms with Gasteiger partial charge in [-0.25, -0.2) is 13.6 Å². The Balaban J connectivity index is 3.26. The highest BCUT2D eigenvalue weighted by molar-refractivity contribution is 7.93. The Kier molecular flexibility index (Phi) is 3.44. The van der Waals surface area contributed by atoms with E-state index in [0.717, 1.165) is 6.42 Å². The lowest BCUT2D eigenvalue weighted by Crippen LogP contribution is -2.39. The average Bonchev–Trinajstić information content (AvgIpc) is 2.13. The van der Waals surface area contributed by atoms with E-state index < -0.39 is 27.3 Å². The lowest BCUT2D eigenvalue weighted by Gasteiger charge is -2.36. The number of hydrogen-bond donors (Lipinski definition) is 1. The highest BCUT2D eigenvalue weighted by Gasteiger charge is 2.44. The second kappa shape index (κ2) is 4.18. The number of allylic oxidation sites excluding steroid dienone is 1. The number of esters is 1. The molecule has 0 aliphatic heterocycles. The fourth-order valence-electron chi connectivity index (χ4n) is 2.07. The quantitative estimate of drug-likeness (QED) is 0.730. The van der Waals surface area contributed by atoms with Gasteiger partial charge in [-0.3, -0.25) is 4.79 Å². The zero-order valence-corrected chi connectivity index (χ0v) is 10.5. The summed E-state index contributed by atoms with van der Waals surface area (Å²) in [6, 6.07) is 0. The first-order valence-electron chi connectivity index (χ1n) is 5.01. The van der Waals surface area contributed by atoms with Gasteiger partial charge in [-0.2, -0.15) is 0 Å². The smallest absolute Gasteiger partial charge is 0.314 e. The maximum Gasteiger partial charge on any atom is 0.314 e. The second-order valence-electron chi connectivity index (χ2n) is 4.63. The average molecular weight is 247 g/mol. The SMILES string of the molecule is COC(=O)C1C(S(N)(=O)=O)=CCCC1(C)C.